The van der Waals surface area contributed by atoms with Crippen LogP contribution in [0.1, 0.15) is 12.1 Å². The molecule has 1 nitrogen and oxygen atoms in total. The Hall–Kier alpha value is 0.210. The Labute approximate surface area is 74.0 Å². The van der Waals surface area contributed by atoms with E-state index >= 15 is 0 Å². The molecule has 10 heavy (non-hydrogen) atoms. The number of alkyl halides is 1. The Morgan fingerprint density at radius 2 is 2.40 bits per heavy atom. The highest BCUT2D eigenvalue weighted by atomic mass is 35.5. The number of aryl methyl sites for hydroxylation is 1. The summed E-state index contributed by atoms with van der Waals surface area (Å²) in [5, 5.41) is 0. The van der Waals surface area contributed by atoms with E-state index in [1.807, 2.05) is 0 Å². The Kier molecular flexibility index (Phi) is 3.46. The van der Waals surface area contributed by atoms with E-state index in [9.17, 15) is 0 Å². The first kappa shape index (κ1) is 8.31. The number of nitrogens with zero attached hydrogens (tertiary/aromatic N) is 1. The van der Waals surface area contributed by atoms with Crippen LogP contribution in [0.25, 0.3) is 0 Å². The molecule has 1 rings (SSSR count). The van der Waals surface area contributed by atoms with E-state index in [1.165, 1.54) is 11.3 Å². The quantitative estimate of drug-likeness (QED) is 0.677. The number of thiazole rings is 1. The van der Waals surface area contributed by atoms with Crippen LogP contribution in [0.4, 0.5) is 0 Å². The fourth-order valence-electron chi connectivity index (χ4n) is 0.652. The van der Waals surface area contributed by atoms with Crippen LogP contribution < -0.4 is 0 Å². The zero-order valence-corrected chi connectivity index (χ0v) is 7.64. The van der Waals surface area contributed by atoms with Crippen LogP contribution in [0, 0.1) is 0 Å². The molecule has 0 atom stereocenters. The lowest BCUT2D eigenvalue weighted by Crippen LogP contribution is -1.85. The third kappa shape index (κ3) is 2.11. The summed E-state index contributed by atoms with van der Waals surface area (Å²) >= 11 is 12.8. The Balaban J connectivity index is 2.49. The predicted molar refractivity (Wildman–Crippen MR) is 46.2 cm³/mol. The zero-order valence-electron chi connectivity index (χ0n) is 5.31. The van der Waals surface area contributed by atoms with Gasteiger partial charge in [-0.3, -0.25) is 0 Å². The summed E-state index contributed by atoms with van der Waals surface area (Å²) in [4.78, 5) is 4.08. The molecule has 0 bridgehead atoms. The van der Waals surface area contributed by atoms with Crippen LogP contribution in [0.15, 0.2) is 5.51 Å². The van der Waals surface area contributed by atoms with Crippen molar-refractivity contribution in [3.8, 4) is 0 Å². The van der Waals surface area contributed by atoms with Gasteiger partial charge in [0, 0.05) is 5.88 Å². The fourth-order valence-corrected chi connectivity index (χ4v) is 1.61. The second-order valence-electron chi connectivity index (χ2n) is 1.87. The minimum Gasteiger partial charge on any atom is -0.248 e. The lowest BCUT2D eigenvalue weighted by atomic mass is 10.3. The second-order valence-corrected chi connectivity index (χ2v) is 3.70. The molecule has 0 fully saturated rings. The second kappa shape index (κ2) is 4.16. The molecule has 0 unspecified atom stereocenters. The van der Waals surface area contributed by atoms with Crippen molar-refractivity contribution in [2.45, 2.75) is 12.8 Å². The molecule has 4 heteroatoms. The van der Waals surface area contributed by atoms with Gasteiger partial charge in [-0.15, -0.1) is 22.9 Å². The van der Waals surface area contributed by atoms with E-state index in [-0.39, 0.29) is 0 Å². The average molecular weight is 196 g/mol. The van der Waals surface area contributed by atoms with Crippen molar-refractivity contribution in [2.24, 2.45) is 0 Å². The summed E-state index contributed by atoms with van der Waals surface area (Å²) in [5.74, 6) is 0.674. The minimum atomic E-state index is 0.674. The normalized spacial score (nSPS) is 10.2. The van der Waals surface area contributed by atoms with Crippen molar-refractivity contribution >= 4 is 34.5 Å². The molecular weight excluding hydrogens is 189 g/mol. The van der Waals surface area contributed by atoms with Crippen molar-refractivity contribution < 1.29 is 0 Å². The summed E-state index contributed by atoms with van der Waals surface area (Å²) in [6, 6.07) is 0. The Bertz CT molecular complexity index is 199. The van der Waals surface area contributed by atoms with E-state index in [1.54, 1.807) is 5.51 Å². The lowest BCUT2D eigenvalue weighted by molar-refractivity contribution is 0.899. The molecule has 0 radical (unpaired) electrons. The standard InChI is InChI=1S/C6H7Cl2NS/c7-3-1-2-5-6(8)10-4-9-5/h4H,1-3H2. The monoisotopic (exact) mass is 195 g/mol. The molecule has 1 heterocycles. The topological polar surface area (TPSA) is 12.9 Å². The molecule has 0 N–H and O–H groups in total. The molecule has 0 aromatic carbocycles. The fraction of sp³-hybridized carbons (Fsp3) is 0.500. The van der Waals surface area contributed by atoms with Crippen LogP contribution in [-0.2, 0) is 6.42 Å². The van der Waals surface area contributed by atoms with E-state index in [2.05, 4.69) is 4.98 Å². The van der Waals surface area contributed by atoms with E-state index < -0.39 is 0 Å². The van der Waals surface area contributed by atoms with Crippen molar-refractivity contribution in [1.29, 1.82) is 0 Å². The zero-order chi connectivity index (χ0) is 7.40. The molecule has 0 saturated carbocycles. The number of hydrogen-bond acceptors (Lipinski definition) is 2. The highest BCUT2D eigenvalue weighted by Gasteiger charge is 2.01. The highest BCUT2D eigenvalue weighted by Crippen LogP contribution is 2.20. The van der Waals surface area contributed by atoms with Crippen LogP contribution in [0.5, 0.6) is 0 Å². The first-order valence-corrected chi connectivity index (χ1v) is 4.77. The maximum absolute atomic E-state index is 5.79. The molecule has 0 amide bonds. The minimum absolute atomic E-state index is 0.674. The maximum atomic E-state index is 5.79. The van der Waals surface area contributed by atoms with Gasteiger partial charge in [-0.25, -0.2) is 4.98 Å². The van der Waals surface area contributed by atoms with Crippen LogP contribution >= 0.6 is 34.5 Å². The van der Waals surface area contributed by atoms with E-state index in [4.69, 9.17) is 23.2 Å². The number of aromatic nitrogens is 1. The highest BCUT2D eigenvalue weighted by molar-refractivity contribution is 7.14. The van der Waals surface area contributed by atoms with Crippen molar-refractivity contribution in [3.05, 3.63) is 15.5 Å². The van der Waals surface area contributed by atoms with Crippen molar-refractivity contribution in [2.75, 3.05) is 5.88 Å². The molecule has 1 aromatic heterocycles. The summed E-state index contributed by atoms with van der Waals surface area (Å²) in [6.07, 6.45) is 1.84. The van der Waals surface area contributed by atoms with Crippen molar-refractivity contribution in [3.63, 3.8) is 0 Å². The molecule has 0 aliphatic carbocycles. The summed E-state index contributed by atoms with van der Waals surface area (Å²) in [6.45, 7) is 0. The molecule has 56 valence electrons. The lowest BCUT2D eigenvalue weighted by Gasteiger charge is -1.91. The van der Waals surface area contributed by atoms with Gasteiger partial charge in [-0.05, 0) is 12.8 Å². The van der Waals surface area contributed by atoms with Gasteiger partial charge in [0.1, 0.15) is 4.34 Å². The molecular formula is C6H7Cl2NS. The van der Waals surface area contributed by atoms with Gasteiger partial charge in [0.15, 0.2) is 0 Å². The average Bonchev–Trinajstić information content (AvgIpc) is 2.31. The predicted octanol–water partition coefficient (Wildman–Crippen LogP) is 2.97. The smallest absolute Gasteiger partial charge is 0.116 e. The van der Waals surface area contributed by atoms with Crippen LogP contribution in [0.3, 0.4) is 0 Å². The number of hydrogen-bond donors (Lipinski definition) is 0. The van der Waals surface area contributed by atoms with E-state index in [0.717, 1.165) is 22.9 Å². The first-order chi connectivity index (χ1) is 4.84. The number of rotatable bonds is 3. The van der Waals surface area contributed by atoms with Crippen LogP contribution in [-0.4, -0.2) is 10.9 Å². The van der Waals surface area contributed by atoms with Gasteiger partial charge >= 0.3 is 0 Å². The van der Waals surface area contributed by atoms with Gasteiger partial charge in [-0.1, -0.05) is 11.6 Å². The molecule has 1 aromatic rings. The number of halogens is 2. The van der Waals surface area contributed by atoms with Gasteiger partial charge < -0.3 is 0 Å². The van der Waals surface area contributed by atoms with Gasteiger partial charge in [0.2, 0.25) is 0 Å². The third-order valence-electron chi connectivity index (χ3n) is 1.14. The van der Waals surface area contributed by atoms with Gasteiger partial charge in [0.05, 0.1) is 11.2 Å². The van der Waals surface area contributed by atoms with Crippen molar-refractivity contribution in [1.82, 2.24) is 4.98 Å². The van der Waals surface area contributed by atoms with E-state index in [0.29, 0.717) is 5.88 Å². The Morgan fingerprint density at radius 3 is 2.90 bits per heavy atom. The summed E-state index contributed by atoms with van der Waals surface area (Å²) < 4.78 is 0.796. The summed E-state index contributed by atoms with van der Waals surface area (Å²) in [7, 11) is 0. The largest absolute Gasteiger partial charge is 0.248 e. The SMILES string of the molecule is ClCCCc1ncsc1Cl. The third-order valence-corrected chi connectivity index (χ3v) is 2.54. The van der Waals surface area contributed by atoms with Crippen LogP contribution in [0.2, 0.25) is 4.34 Å². The van der Waals surface area contributed by atoms with Gasteiger partial charge in [-0.2, -0.15) is 0 Å². The molecule has 0 aliphatic rings. The summed E-state index contributed by atoms with van der Waals surface area (Å²) in [5.41, 5.74) is 2.73. The molecule has 0 aliphatic heterocycles. The molecule has 0 saturated heterocycles. The van der Waals surface area contributed by atoms with Gasteiger partial charge in [0.25, 0.3) is 0 Å². The molecule has 0 spiro atoms. The first-order valence-electron chi connectivity index (χ1n) is 2.98. The maximum Gasteiger partial charge on any atom is 0.116 e. The Morgan fingerprint density at radius 1 is 1.60 bits per heavy atom.